The van der Waals surface area contributed by atoms with Crippen molar-refractivity contribution in [2.75, 3.05) is 14.1 Å². The van der Waals surface area contributed by atoms with Gasteiger partial charge < -0.3 is 14.9 Å². The first-order chi connectivity index (χ1) is 8.43. The minimum absolute atomic E-state index is 0.283. The second kappa shape index (κ2) is 6.05. The van der Waals surface area contributed by atoms with Crippen LogP contribution in [0.3, 0.4) is 0 Å². The van der Waals surface area contributed by atoms with Crippen molar-refractivity contribution >= 4 is 12.0 Å². The van der Waals surface area contributed by atoms with E-state index in [9.17, 15) is 9.59 Å². The number of urea groups is 1. The molecule has 0 radical (unpaired) electrons. The maximum Gasteiger partial charge on any atom is 0.326 e. The standard InChI is InChI=1S/C13H18N2O3/c1-10(12(16)17)15(13(18)14(2)3)9-11-7-5-4-6-8-11/h4-8,10H,9H2,1-3H3,(H,16,17). The average Bonchev–Trinajstić information content (AvgIpc) is 2.35. The van der Waals surface area contributed by atoms with Gasteiger partial charge in [-0.25, -0.2) is 9.59 Å². The quantitative estimate of drug-likeness (QED) is 0.883. The third-order valence-electron chi connectivity index (χ3n) is 2.65. The molecule has 1 unspecified atom stereocenters. The van der Waals surface area contributed by atoms with Crippen molar-refractivity contribution in [1.82, 2.24) is 9.80 Å². The summed E-state index contributed by atoms with van der Waals surface area (Å²) in [6.45, 7) is 1.79. The van der Waals surface area contributed by atoms with Gasteiger partial charge in [0.15, 0.2) is 0 Å². The molecule has 0 spiro atoms. The number of carbonyl (C=O) groups excluding carboxylic acids is 1. The summed E-state index contributed by atoms with van der Waals surface area (Å²) in [5, 5.41) is 9.05. The van der Waals surface area contributed by atoms with Gasteiger partial charge in [0.25, 0.3) is 0 Å². The predicted molar refractivity (Wildman–Crippen MR) is 68.2 cm³/mol. The lowest BCUT2D eigenvalue weighted by Gasteiger charge is -2.29. The fourth-order valence-corrected chi connectivity index (χ4v) is 1.54. The van der Waals surface area contributed by atoms with E-state index in [-0.39, 0.29) is 12.6 Å². The number of rotatable bonds is 4. The van der Waals surface area contributed by atoms with E-state index in [1.165, 1.54) is 16.7 Å². The molecule has 0 aliphatic heterocycles. The Morgan fingerprint density at radius 1 is 1.22 bits per heavy atom. The minimum Gasteiger partial charge on any atom is -0.480 e. The summed E-state index contributed by atoms with van der Waals surface area (Å²) in [5.41, 5.74) is 0.904. The summed E-state index contributed by atoms with van der Waals surface area (Å²) in [7, 11) is 3.21. The average molecular weight is 250 g/mol. The molecule has 5 nitrogen and oxygen atoms in total. The van der Waals surface area contributed by atoms with Gasteiger partial charge in [-0.05, 0) is 12.5 Å². The highest BCUT2D eigenvalue weighted by Gasteiger charge is 2.26. The first-order valence-electron chi connectivity index (χ1n) is 5.68. The fraction of sp³-hybridized carbons (Fsp3) is 0.385. The lowest BCUT2D eigenvalue weighted by Crippen LogP contribution is -2.47. The van der Waals surface area contributed by atoms with Crippen LogP contribution in [-0.4, -0.2) is 47.0 Å². The zero-order valence-corrected chi connectivity index (χ0v) is 10.8. The SMILES string of the molecule is CC(C(=O)O)N(Cc1ccccc1)C(=O)N(C)C. The number of amides is 2. The van der Waals surface area contributed by atoms with Crippen LogP contribution in [0.5, 0.6) is 0 Å². The summed E-state index contributed by atoms with van der Waals surface area (Å²) in [6, 6.07) is 8.16. The molecule has 2 amide bonds. The van der Waals surface area contributed by atoms with Gasteiger partial charge in [0.1, 0.15) is 6.04 Å². The zero-order chi connectivity index (χ0) is 13.7. The van der Waals surface area contributed by atoms with Crippen LogP contribution in [0.2, 0.25) is 0 Å². The van der Waals surface area contributed by atoms with Crippen LogP contribution in [0.1, 0.15) is 12.5 Å². The van der Waals surface area contributed by atoms with Gasteiger partial charge in [0.05, 0.1) is 0 Å². The smallest absolute Gasteiger partial charge is 0.326 e. The van der Waals surface area contributed by atoms with Gasteiger partial charge >= 0.3 is 12.0 Å². The van der Waals surface area contributed by atoms with Crippen LogP contribution >= 0.6 is 0 Å². The Kier molecular flexibility index (Phi) is 4.71. The maximum absolute atomic E-state index is 12.0. The van der Waals surface area contributed by atoms with E-state index in [1.807, 2.05) is 30.3 Å². The summed E-state index contributed by atoms with van der Waals surface area (Å²) < 4.78 is 0. The second-order valence-corrected chi connectivity index (χ2v) is 4.30. The molecule has 0 aromatic heterocycles. The molecule has 5 heteroatoms. The lowest BCUT2D eigenvalue weighted by atomic mass is 10.2. The summed E-state index contributed by atoms with van der Waals surface area (Å²) in [6.07, 6.45) is 0. The molecule has 1 aromatic rings. The number of carbonyl (C=O) groups is 2. The van der Waals surface area contributed by atoms with Gasteiger partial charge in [-0.2, -0.15) is 0 Å². The van der Waals surface area contributed by atoms with Gasteiger partial charge in [0.2, 0.25) is 0 Å². The first kappa shape index (κ1) is 14.0. The van der Waals surface area contributed by atoms with Crippen LogP contribution in [0.4, 0.5) is 4.79 Å². The van der Waals surface area contributed by atoms with E-state index < -0.39 is 12.0 Å². The molecule has 1 aromatic carbocycles. The molecule has 0 saturated heterocycles. The Hall–Kier alpha value is -2.04. The van der Waals surface area contributed by atoms with Crippen molar-refractivity contribution in [3.63, 3.8) is 0 Å². The number of nitrogens with zero attached hydrogens (tertiary/aromatic N) is 2. The number of hydrogen-bond donors (Lipinski definition) is 1. The van der Waals surface area contributed by atoms with Crippen LogP contribution in [0.15, 0.2) is 30.3 Å². The van der Waals surface area contributed by atoms with Crippen molar-refractivity contribution in [3.8, 4) is 0 Å². The summed E-state index contributed by atoms with van der Waals surface area (Å²) >= 11 is 0. The second-order valence-electron chi connectivity index (χ2n) is 4.30. The molecule has 18 heavy (non-hydrogen) atoms. The number of benzene rings is 1. The van der Waals surface area contributed by atoms with Crippen LogP contribution < -0.4 is 0 Å². The number of carboxylic acids is 1. The van der Waals surface area contributed by atoms with E-state index >= 15 is 0 Å². The monoisotopic (exact) mass is 250 g/mol. The van der Waals surface area contributed by atoms with E-state index in [0.717, 1.165) is 5.56 Å². The minimum atomic E-state index is -1.01. The Morgan fingerprint density at radius 3 is 2.22 bits per heavy atom. The molecular weight excluding hydrogens is 232 g/mol. The molecule has 0 saturated carbocycles. The topological polar surface area (TPSA) is 60.9 Å². The number of aliphatic carboxylic acids is 1. The fourth-order valence-electron chi connectivity index (χ4n) is 1.54. The first-order valence-corrected chi connectivity index (χ1v) is 5.68. The normalized spacial score (nSPS) is 11.7. The van der Waals surface area contributed by atoms with E-state index in [4.69, 9.17) is 5.11 Å². The molecule has 0 aliphatic rings. The lowest BCUT2D eigenvalue weighted by molar-refractivity contribution is -0.141. The Balaban J connectivity index is 2.91. The third-order valence-corrected chi connectivity index (χ3v) is 2.65. The molecule has 0 bridgehead atoms. The highest BCUT2D eigenvalue weighted by Crippen LogP contribution is 2.10. The van der Waals surface area contributed by atoms with Crippen LogP contribution in [-0.2, 0) is 11.3 Å². The third kappa shape index (κ3) is 3.48. The van der Waals surface area contributed by atoms with E-state index in [0.29, 0.717) is 0 Å². The molecule has 1 N–H and O–H groups in total. The molecule has 1 atom stereocenters. The van der Waals surface area contributed by atoms with Crippen molar-refractivity contribution in [2.45, 2.75) is 19.5 Å². The van der Waals surface area contributed by atoms with Crippen molar-refractivity contribution < 1.29 is 14.7 Å². The van der Waals surface area contributed by atoms with E-state index in [1.54, 1.807) is 14.1 Å². The molecule has 1 rings (SSSR count). The Bertz CT molecular complexity index is 418. The van der Waals surface area contributed by atoms with Crippen LogP contribution in [0.25, 0.3) is 0 Å². The van der Waals surface area contributed by atoms with Crippen molar-refractivity contribution in [1.29, 1.82) is 0 Å². The number of hydrogen-bond acceptors (Lipinski definition) is 2. The maximum atomic E-state index is 12.0. The van der Waals surface area contributed by atoms with Gasteiger partial charge in [-0.1, -0.05) is 30.3 Å². The van der Waals surface area contributed by atoms with Gasteiger partial charge in [-0.15, -0.1) is 0 Å². The Labute approximate surface area is 107 Å². The molecule has 0 aliphatic carbocycles. The molecule has 98 valence electrons. The summed E-state index contributed by atoms with van der Waals surface area (Å²) in [4.78, 5) is 25.7. The molecule has 0 heterocycles. The zero-order valence-electron chi connectivity index (χ0n) is 10.8. The van der Waals surface area contributed by atoms with Crippen molar-refractivity contribution in [2.24, 2.45) is 0 Å². The van der Waals surface area contributed by atoms with Crippen LogP contribution in [0, 0.1) is 0 Å². The molecular formula is C13H18N2O3. The highest BCUT2D eigenvalue weighted by molar-refractivity contribution is 5.82. The van der Waals surface area contributed by atoms with Gasteiger partial charge in [-0.3, -0.25) is 0 Å². The predicted octanol–water partition coefficient (Wildman–Crippen LogP) is 1.64. The highest BCUT2D eigenvalue weighted by atomic mass is 16.4. The van der Waals surface area contributed by atoms with E-state index in [2.05, 4.69) is 0 Å². The molecule has 0 fully saturated rings. The summed E-state index contributed by atoms with van der Waals surface area (Å²) in [5.74, 6) is -1.01. The van der Waals surface area contributed by atoms with Gasteiger partial charge in [0, 0.05) is 20.6 Å². The number of carboxylic acid groups (broad SMARTS) is 1. The largest absolute Gasteiger partial charge is 0.480 e. The Morgan fingerprint density at radius 2 is 1.78 bits per heavy atom. The van der Waals surface area contributed by atoms with Crippen molar-refractivity contribution in [3.05, 3.63) is 35.9 Å².